The van der Waals surface area contributed by atoms with Gasteiger partial charge in [-0.05, 0) is 54.0 Å². The summed E-state index contributed by atoms with van der Waals surface area (Å²) < 4.78 is 0. The van der Waals surface area contributed by atoms with E-state index in [0.29, 0.717) is 0 Å². The van der Waals surface area contributed by atoms with Crippen molar-refractivity contribution in [3.05, 3.63) is 197 Å². The van der Waals surface area contributed by atoms with E-state index in [-0.39, 0.29) is 6.04 Å². The maximum atomic E-state index is 5.17. The van der Waals surface area contributed by atoms with Crippen LogP contribution < -0.4 is 20.7 Å². The Hall–Kier alpha value is -6.61. The third-order valence-electron chi connectivity index (χ3n) is 10.5. The zero-order valence-electron chi connectivity index (χ0n) is 31.6. The number of nitrogens with zero attached hydrogens (tertiary/aromatic N) is 5. The number of benzene rings is 5. The van der Waals surface area contributed by atoms with Crippen LogP contribution in [0, 0.1) is 0 Å². The van der Waals surface area contributed by atoms with Gasteiger partial charge in [0.25, 0.3) is 0 Å². The van der Waals surface area contributed by atoms with E-state index in [9.17, 15) is 0 Å². The molecule has 0 aliphatic heterocycles. The minimum absolute atomic E-state index is 0.223. The molecule has 0 amide bonds. The number of thiophene rings is 1. The van der Waals surface area contributed by atoms with Gasteiger partial charge in [0.05, 0.1) is 0 Å². The summed E-state index contributed by atoms with van der Waals surface area (Å²) in [5, 5.41) is 9.23. The van der Waals surface area contributed by atoms with Crippen molar-refractivity contribution in [1.29, 1.82) is 0 Å². The predicted octanol–water partition coefficient (Wildman–Crippen LogP) is 11.3. The lowest BCUT2D eigenvalue weighted by Gasteiger charge is -2.24. The summed E-state index contributed by atoms with van der Waals surface area (Å²) in [5.74, 6) is 0. The zero-order valence-corrected chi connectivity index (χ0v) is 33.2. The number of nitrogens with one attached hydrogen (secondary N) is 1. The normalized spacial score (nSPS) is 15.9. The van der Waals surface area contributed by atoms with Crippen LogP contribution >= 0.6 is 23.1 Å². The molecule has 5 aromatic carbocycles. The van der Waals surface area contributed by atoms with Gasteiger partial charge in [-0.1, -0.05) is 139 Å². The van der Waals surface area contributed by atoms with Gasteiger partial charge in [-0.2, -0.15) is 0 Å². The molecule has 6 nitrogen and oxygen atoms in total. The second-order valence-electron chi connectivity index (χ2n) is 14.1. The number of rotatable bonds is 9. The third-order valence-corrected chi connectivity index (χ3v) is 12.8. The molecule has 280 valence electrons. The molecule has 0 radical (unpaired) electrons. The van der Waals surface area contributed by atoms with Crippen molar-refractivity contribution < 1.29 is 0 Å². The summed E-state index contributed by atoms with van der Waals surface area (Å²) in [6, 6.07) is 38.6. The van der Waals surface area contributed by atoms with Crippen LogP contribution in [0.15, 0.2) is 181 Å². The molecule has 3 heterocycles. The Labute approximate surface area is 345 Å². The van der Waals surface area contributed by atoms with Gasteiger partial charge in [-0.25, -0.2) is 0 Å². The topological polar surface area (TPSA) is 66.8 Å². The van der Waals surface area contributed by atoms with E-state index >= 15 is 0 Å². The molecule has 0 bridgehead atoms. The summed E-state index contributed by atoms with van der Waals surface area (Å²) in [6.07, 6.45) is 27.8. The molecule has 3 aromatic heterocycles. The van der Waals surface area contributed by atoms with E-state index in [1.54, 1.807) is 47.9 Å². The first-order chi connectivity index (χ1) is 28.8. The Morgan fingerprint density at radius 1 is 0.672 bits per heavy atom. The smallest absolute Gasteiger partial charge is 0.109 e. The third kappa shape index (κ3) is 6.80. The molecule has 8 heteroatoms. The zero-order chi connectivity index (χ0) is 38.7. The van der Waals surface area contributed by atoms with E-state index in [0.717, 1.165) is 99.8 Å². The molecule has 8 aromatic rings. The largest absolute Gasteiger partial charge is 0.384 e. The Bertz CT molecular complexity index is 2960. The predicted molar refractivity (Wildman–Crippen MR) is 245 cm³/mol. The SMILES string of the molecule is C1=CCC(N/C=c2\cccc\c2=C(\SC2=CCCC=C2)c2c3nccnc3c(-c3sc(N(c4ccccc4)c4ccccc4)c4ccccc34)c3nccnc23)C=C1. The minimum Gasteiger partial charge on any atom is -0.384 e. The lowest BCUT2D eigenvalue weighted by atomic mass is 9.99. The molecular formula is C50H38N6S2. The van der Waals surface area contributed by atoms with Gasteiger partial charge < -0.3 is 10.2 Å². The number of hydrogen-bond donors (Lipinski definition) is 1. The average Bonchev–Trinajstić information content (AvgIpc) is 3.67. The highest BCUT2D eigenvalue weighted by molar-refractivity contribution is 8.11. The number of allylic oxidation sites excluding steroid dienone is 5. The van der Waals surface area contributed by atoms with E-state index in [4.69, 9.17) is 19.9 Å². The van der Waals surface area contributed by atoms with Crippen molar-refractivity contribution in [3.63, 3.8) is 0 Å². The van der Waals surface area contributed by atoms with Crippen LogP contribution in [0.2, 0.25) is 0 Å². The van der Waals surface area contributed by atoms with Crippen molar-refractivity contribution in [2.75, 3.05) is 4.90 Å². The molecule has 0 saturated heterocycles. The van der Waals surface area contributed by atoms with Crippen LogP contribution in [-0.4, -0.2) is 26.0 Å². The molecule has 1 N–H and O–H groups in total. The quantitative estimate of drug-likeness (QED) is 0.146. The first-order valence-electron chi connectivity index (χ1n) is 19.6. The molecule has 1 atom stereocenters. The standard InChI is InChI=1S/C50H38N6S2/c1-5-18-35(19-6-1)55-33-34-17-13-14-26-39(34)48(57-38-24-11-4-12-25-38)42-44-46(53-31-29-51-44)43(47-45(42)52-30-32-54-47)49-40-27-15-16-28-41(40)50(58-49)56(36-20-7-2-8-21-36)37-22-9-3-10-23-37/h1-3,5-11,13-18,20-33,35,55H,4,12,19H2/b34-33+,48-39-. The van der Waals surface area contributed by atoms with Crippen molar-refractivity contribution in [2.24, 2.45) is 0 Å². The monoisotopic (exact) mass is 786 g/mol. The molecule has 0 fully saturated rings. The summed E-state index contributed by atoms with van der Waals surface area (Å²) in [4.78, 5) is 26.4. The lowest BCUT2D eigenvalue weighted by molar-refractivity contribution is 0.730. The molecular weight excluding hydrogens is 749 g/mol. The molecule has 58 heavy (non-hydrogen) atoms. The Morgan fingerprint density at radius 3 is 1.97 bits per heavy atom. The van der Waals surface area contributed by atoms with Crippen LogP contribution in [0.3, 0.4) is 0 Å². The van der Waals surface area contributed by atoms with Crippen LogP contribution in [0.4, 0.5) is 16.4 Å². The van der Waals surface area contributed by atoms with E-state index < -0.39 is 0 Å². The van der Waals surface area contributed by atoms with Crippen LogP contribution in [0.25, 0.3) is 54.4 Å². The van der Waals surface area contributed by atoms with Crippen LogP contribution in [-0.2, 0) is 0 Å². The first kappa shape index (κ1) is 35.8. The molecule has 0 saturated carbocycles. The van der Waals surface area contributed by atoms with Crippen molar-refractivity contribution in [2.45, 2.75) is 25.3 Å². The Balaban J connectivity index is 1.26. The molecule has 10 rings (SSSR count). The second kappa shape index (κ2) is 16.1. The second-order valence-corrected chi connectivity index (χ2v) is 16.2. The summed E-state index contributed by atoms with van der Waals surface area (Å²) in [6.45, 7) is 0. The van der Waals surface area contributed by atoms with E-state index in [2.05, 4.69) is 168 Å². The first-order valence-corrected chi connectivity index (χ1v) is 21.2. The van der Waals surface area contributed by atoms with Crippen molar-refractivity contribution in [1.82, 2.24) is 25.3 Å². The van der Waals surface area contributed by atoms with Crippen LogP contribution in [0.5, 0.6) is 0 Å². The van der Waals surface area contributed by atoms with Gasteiger partial charge >= 0.3 is 0 Å². The minimum atomic E-state index is 0.223. The highest BCUT2D eigenvalue weighted by atomic mass is 32.2. The number of para-hydroxylation sites is 2. The number of aromatic nitrogens is 4. The number of anilines is 3. The Kier molecular flexibility index (Phi) is 9.93. The number of hydrogen-bond acceptors (Lipinski definition) is 8. The van der Waals surface area contributed by atoms with Crippen molar-refractivity contribution in [3.8, 4) is 10.4 Å². The maximum absolute atomic E-state index is 5.17. The number of thioether (sulfide) groups is 1. The highest BCUT2D eigenvalue weighted by Crippen LogP contribution is 2.52. The molecule has 0 spiro atoms. The number of fused-ring (bicyclic) bond motifs is 3. The van der Waals surface area contributed by atoms with E-state index in [1.807, 2.05) is 0 Å². The fourth-order valence-corrected chi connectivity index (χ4v) is 10.3. The van der Waals surface area contributed by atoms with E-state index in [1.165, 1.54) is 4.91 Å². The van der Waals surface area contributed by atoms with Crippen LogP contribution in [0.1, 0.15) is 24.8 Å². The van der Waals surface area contributed by atoms with Gasteiger partial charge in [0, 0.05) is 85.0 Å². The maximum Gasteiger partial charge on any atom is 0.109 e. The Morgan fingerprint density at radius 2 is 1.31 bits per heavy atom. The molecule has 2 aliphatic carbocycles. The highest BCUT2D eigenvalue weighted by Gasteiger charge is 2.27. The fourth-order valence-electron chi connectivity index (χ4n) is 7.78. The molecule has 1 unspecified atom stereocenters. The van der Waals surface area contributed by atoms with Gasteiger partial charge in [-0.15, -0.1) is 11.3 Å². The molecule has 2 aliphatic rings. The summed E-state index contributed by atoms with van der Waals surface area (Å²) in [7, 11) is 0. The van der Waals surface area contributed by atoms with Crippen molar-refractivity contribution >= 4 is 83.4 Å². The lowest BCUT2D eigenvalue weighted by Crippen LogP contribution is -2.32. The summed E-state index contributed by atoms with van der Waals surface area (Å²) in [5.41, 5.74) is 7.19. The van der Waals surface area contributed by atoms with Gasteiger partial charge in [-0.3, -0.25) is 19.9 Å². The van der Waals surface area contributed by atoms with Gasteiger partial charge in [0.15, 0.2) is 0 Å². The fraction of sp³-hybridized carbons (Fsp3) is 0.0800. The van der Waals surface area contributed by atoms with Gasteiger partial charge in [0.1, 0.15) is 27.1 Å². The van der Waals surface area contributed by atoms with Gasteiger partial charge in [0.2, 0.25) is 0 Å². The summed E-state index contributed by atoms with van der Waals surface area (Å²) >= 11 is 3.51. The average molecular weight is 787 g/mol.